The highest BCUT2D eigenvalue weighted by Gasteiger charge is 2.35. The van der Waals surface area contributed by atoms with Gasteiger partial charge in [0.2, 0.25) is 5.88 Å². The summed E-state index contributed by atoms with van der Waals surface area (Å²) in [4.78, 5) is 39.4. The van der Waals surface area contributed by atoms with E-state index < -0.39 is 47.0 Å². The topological polar surface area (TPSA) is 120 Å². The minimum atomic E-state index is -4.93. The van der Waals surface area contributed by atoms with Crippen LogP contribution in [0.25, 0.3) is 16.0 Å². The number of hydrogen-bond donors (Lipinski definition) is 1. The van der Waals surface area contributed by atoms with E-state index in [1.807, 2.05) is 0 Å². The van der Waals surface area contributed by atoms with E-state index in [0.717, 1.165) is 32.9 Å². The van der Waals surface area contributed by atoms with Crippen LogP contribution in [0.5, 0.6) is 5.88 Å². The SMILES string of the molecule is COc1ccc(-n2c(=O)c3c(CN(C)C(=O)O)c(Br)sc3n(Cc3c(F)cccc3C(F)(F)F)c2=O)nn1. The molecule has 0 saturated carbocycles. The van der Waals surface area contributed by atoms with Gasteiger partial charge in [0, 0.05) is 24.2 Å². The zero-order valence-electron chi connectivity index (χ0n) is 19.4. The second-order valence-electron chi connectivity index (χ2n) is 7.88. The molecule has 1 amide bonds. The number of halogens is 5. The molecule has 200 valence electrons. The molecule has 0 spiro atoms. The molecule has 0 aliphatic carbocycles. The van der Waals surface area contributed by atoms with Gasteiger partial charge in [-0.3, -0.25) is 9.36 Å². The first-order chi connectivity index (χ1) is 17.8. The van der Waals surface area contributed by atoms with Gasteiger partial charge in [-0.05, 0) is 34.1 Å². The zero-order valence-corrected chi connectivity index (χ0v) is 21.8. The third-order valence-corrected chi connectivity index (χ3v) is 7.56. The van der Waals surface area contributed by atoms with E-state index >= 15 is 0 Å². The summed E-state index contributed by atoms with van der Waals surface area (Å²) < 4.78 is 62.4. The summed E-state index contributed by atoms with van der Waals surface area (Å²) in [7, 11) is 2.56. The largest absolute Gasteiger partial charge is 0.480 e. The second-order valence-corrected chi connectivity index (χ2v) is 10.2. The number of benzene rings is 1. The fraction of sp³-hybridized carbons (Fsp3) is 0.227. The maximum absolute atomic E-state index is 14.7. The van der Waals surface area contributed by atoms with Crippen LogP contribution in [-0.2, 0) is 19.3 Å². The van der Waals surface area contributed by atoms with Gasteiger partial charge in [0.15, 0.2) is 5.82 Å². The summed E-state index contributed by atoms with van der Waals surface area (Å²) in [6.07, 6.45) is -6.24. The maximum atomic E-state index is 14.7. The first kappa shape index (κ1) is 27.3. The maximum Gasteiger partial charge on any atom is 0.416 e. The van der Waals surface area contributed by atoms with Gasteiger partial charge in [-0.1, -0.05) is 6.07 Å². The molecule has 10 nitrogen and oxygen atoms in total. The predicted octanol–water partition coefficient (Wildman–Crippen LogP) is 4.09. The Morgan fingerprint density at radius 3 is 2.47 bits per heavy atom. The lowest BCUT2D eigenvalue weighted by Gasteiger charge is -2.17. The van der Waals surface area contributed by atoms with Crippen LogP contribution >= 0.6 is 27.3 Å². The fourth-order valence-corrected chi connectivity index (χ4v) is 5.52. The van der Waals surface area contributed by atoms with Gasteiger partial charge in [-0.2, -0.15) is 13.2 Å². The fourth-order valence-electron chi connectivity index (χ4n) is 3.71. The number of aromatic nitrogens is 4. The summed E-state index contributed by atoms with van der Waals surface area (Å²) in [5, 5.41) is 16.7. The zero-order chi connectivity index (χ0) is 27.9. The van der Waals surface area contributed by atoms with Gasteiger partial charge in [0.25, 0.3) is 5.56 Å². The van der Waals surface area contributed by atoms with Crippen molar-refractivity contribution in [3.05, 3.63) is 77.5 Å². The Kier molecular flexibility index (Phi) is 7.29. The van der Waals surface area contributed by atoms with Crippen LogP contribution in [0.15, 0.2) is 43.7 Å². The summed E-state index contributed by atoms with van der Waals surface area (Å²) >= 11 is 4.09. The van der Waals surface area contributed by atoms with Gasteiger partial charge < -0.3 is 14.7 Å². The molecule has 3 heterocycles. The number of carbonyl (C=O) groups is 1. The molecule has 16 heteroatoms. The summed E-state index contributed by atoms with van der Waals surface area (Å²) in [5.41, 5.74) is -3.97. The van der Waals surface area contributed by atoms with Crippen molar-refractivity contribution in [3.8, 4) is 11.7 Å². The Bertz CT molecular complexity index is 1670. The first-order valence-electron chi connectivity index (χ1n) is 10.5. The van der Waals surface area contributed by atoms with Crippen molar-refractivity contribution >= 4 is 43.6 Å². The molecule has 0 atom stereocenters. The van der Waals surface area contributed by atoms with E-state index in [0.29, 0.717) is 10.6 Å². The molecule has 0 fully saturated rings. The minimum absolute atomic E-state index is 0.0615. The van der Waals surface area contributed by atoms with E-state index in [2.05, 4.69) is 26.1 Å². The number of carboxylic acid groups (broad SMARTS) is 1. The Hall–Kier alpha value is -3.79. The normalized spacial score (nSPS) is 11.7. The van der Waals surface area contributed by atoms with Crippen LogP contribution in [0.4, 0.5) is 22.4 Å². The molecule has 1 aromatic carbocycles. The van der Waals surface area contributed by atoms with E-state index in [-0.39, 0.29) is 37.8 Å². The first-order valence-corrected chi connectivity index (χ1v) is 12.1. The van der Waals surface area contributed by atoms with Crippen LogP contribution in [0.3, 0.4) is 0 Å². The Labute approximate surface area is 222 Å². The summed E-state index contributed by atoms with van der Waals surface area (Å²) in [6, 6.07) is 4.96. The number of fused-ring (bicyclic) bond motifs is 1. The molecule has 1 N–H and O–H groups in total. The molecular weight excluding hydrogens is 602 g/mol. The lowest BCUT2D eigenvalue weighted by molar-refractivity contribution is -0.138. The van der Waals surface area contributed by atoms with Crippen molar-refractivity contribution in [1.29, 1.82) is 0 Å². The summed E-state index contributed by atoms with van der Waals surface area (Å²) in [5.74, 6) is -1.42. The molecule has 0 aliphatic rings. The Morgan fingerprint density at radius 2 is 1.89 bits per heavy atom. The molecule has 0 bridgehead atoms. The molecule has 3 aromatic heterocycles. The summed E-state index contributed by atoms with van der Waals surface area (Å²) in [6.45, 7) is -1.19. The second kappa shape index (κ2) is 10.2. The molecule has 0 radical (unpaired) electrons. The number of nitrogens with zero attached hydrogens (tertiary/aromatic N) is 5. The standard InChI is InChI=1S/C22H16BrF4N5O5S/c1-30(21(35)36)8-11-16-18(33)32(14-6-7-15(37-2)29-28-14)20(34)31(19(16)38-17(11)23)9-10-12(22(25,26)27)4-3-5-13(10)24/h3-7H,8-9H2,1-2H3,(H,35,36). The number of amides is 1. The van der Waals surface area contributed by atoms with Gasteiger partial charge >= 0.3 is 18.0 Å². The van der Waals surface area contributed by atoms with Crippen molar-refractivity contribution in [2.45, 2.75) is 19.3 Å². The highest BCUT2D eigenvalue weighted by molar-refractivity contribution is 9.11. The van der Waals surface area contributed by atoms with Crippen molar-refractivity contribution in [1.82, 2.24) is 24.2 Å². The lowest BCUT2D eigenvalue weighted by Crippen LogP contribution is -2.40. The van der Waals surface area contributed by atoms with Gasteiger partial charge in [-0.15, -0.1) is 21.5 Å². The smallest absolute Gasteiger partial charge is 0.416 e. The third-order valence-electron chi connectivity index (χ3n) is 5.55. The van der Waals surface area contributed by atoms with E-state index in [1.165, 1.54) is 26.3 Å². The number of thiophene rings is 1. The Morgan fingerprint density at radius 1 is 1.18 bits per heavy atom. The van der Waals surface area contributed by atoms with Crippen LogP contribution in [0.2, 0.25) is 0 Å². The molecule has 4 aromatic rings. The number of alkyl halides is 3. The van der Waals surface area contributed by atoms with Gasteiger partial charge in [0.05, 0.1) is 34.9 Å². The van der Waals surface area contributed by atoms with Crippen molar-refractivity contribution in [2.24, 2.45) is 0 Å². The third kappa shape index (κ3) is 4.88. The predicted molar refractivity (Wildman–Crippen MR) is 132 cm³/mol. The lowest BCUT2D eigenvalue weighted by atomic mass is 10.1. The highest BCUT2D eigenvalue weighted by atomic mass is 79.9. The molecule has 0 unspecified atom stereocenters. The van der Waals surface area contributed by atoms with Crippen molar-refractivity contribution in [3.63, 3.8) is 0 Å². The molecule has 38 heavy (non-hydrogen) atoms. The highest BCUT2D eigenvalue weighted by Crippen LogP contribution is 2.36. The molecule has 4 rings (SSSR count). The van der Waals surface area contributed by atoms with Crippen molar-refractivity contribution in [2.75, 3.05) is 14.2 Å². The number of hydrogen-bond acceptors (Lipinski definition) is 7. The molecule has 0 saturated heterocycles. The number of rotatable bonds is 6. The monoisotopic (exact) mass is 617 g/mol. The Balaban J connectivity index is 2.08. The average Bonchev–Trinajstić information content (AvgIpc) is 3.18. The van der Waals surface area contributed by atoms with Crippen molar-refractivity contribution < 1.29 is 32.2 Å². The van der Waals surface area contributed by atoms with E-state index in [1.54, 1.807) is 0 Å². The van der Waals surface area contributed by atoms with E-state index in [9.17, 15) is 37.1 Å². The average molecular weight is 618 g/mol. The minimum Gasteiger partial charge on any atom is -0.480 e. The number of ether oxygens (including phenoxy) is 1. The van der Waals surface area contributed by atoms with Crippen LogP contribution < -0.4 is 16.0 Å². The van der Waals surface area contributed by atoms with Gasteiger partial charge in [0.1, 0.15) is 10.6 Å². The van der Waals surface area contributed by atoms with Crippen LogP contribution in [0, 0.1) is 5.82 Å². The van der Waals surface area contributed by atoms with E-state index in [4.69, 9.17) is 4.74 Å². The quantitative estimate of drug-likeness (QED) is 0.324. The van der Waals surface area contributed by atoms with Crippen LogP contribution in [-0.4, -0.2) is 49.6 Å². The molecular formula is C22H16BrF4N5O5S. The van der Waals surface area contributed by atoms with Gasteiger partial charge in [-0.25, -0.2) is 18.5 Å². The van der Waals surface area contributed by atoms with Crippen LogP contribution in [0.1, 0.15) is 16.7 Å². The number of methoxy groups -OCH3 is 1. The molecule has 0 aliphatic heterocycles.